The molecule has 0 radical (unpaired) electrons. The topological polar surface area (TPSA) is 88.2 Å². The molecule has 218 valence electrons. The van der Waals surface area contributed by atoms with Gasteiger partial charge in [-0.1, -0.05) is 66.2 Å². The Bertz CT molecular complexity index is 1350. The molecule has 0 saturated carbocycles. The van der Waals surface area contributed by atoms with Gasteiger partial charge >= 0.3 is 0 Å². The van der Waals surface area contributed by atoms with Crippen LogP contribution in [0, 0.1) is 34.5 Å². The molecule has 2 atom stereocenters. The van der Waals surface area contributed by atoms with Crippen molar-refractivity contribution in [3.05, 3.63) is 54.9 Å². The molecule has 3 heterocycles. The Hall–Kier alpha value is -3.20. The zero-order valence-electron chi connectivity index (χ0n) is 25.0. The van der Waals surface area contributed by atoms with Crippen molar-refractivity contribution in [3.63, 3.8) is 0 Å². The molecule has 41 heavy (non-hydrogen) atoms. The van der Waals surface area contributed by atoms with Crippen LogP contribution in [-0.2, 0) is 9.59 Å². The highest BCUT2D eigenvalue weighted by molar-refractivity contribution is 7.14. The molecule has 2 amide bonds. The summed E-state index contributed by atoms with van der Waals surface area (Å²) in [5.74, 6) is 0.527. The molecule has 8 heteroatoms. The monoisotopic (exact) mass is 590 g/mol. The molecule has 1 aliphatic rings. The van der Waals surface area contributed by atoms with Crippen LogP contribution in [-0.4, -0.2) is 35.2 Å². The second kappa shape index (κ2) is 15.7. The van der Waals surface area contributed by atoms with Gasteiger partial charge < -0.3 is 9.80 Å². The summed E-state index contributed by atoms with van der Waals surface area (Å²) in [6.07, 6.45) is 9.16. The Morgan fingerprint density at radius 1 is 0.951 bits per heavy atom. The molecular weight excluding hydrogens is 549 g/mol. The van der Waals surface area contributed by atoms with Gasteiger partial charge in [-0.05, 0) is 61.4 Å². The van der Waals surface area contributed by atoms with Gasteiger partial charge in [-0.25, -0.2) is 0 Å². The van der Waals surface area contributed by atoms with E-state index in [1.165, 1.54) is 22.7 Å². The number of rotatable bonds is 16. The lowest BCUT2D eigenvalue weighted by Crippen LogP contribution is -2.33. The number of hydrogen-bond acceptors (Lipinski definition) is 6. The van der Waals surface area contributed by atoms with Crippen molar-refractivity contribution in [2.75, 3.05) is 13.1 Å². The van der Waals surface area contributed by atoms with Crippen LogP contribution in [0.1, 0.15) is 105 Å². The fraction of sp³-hybridized carbons (Fsp3) is 0.515. The van der Waals surface area contributed by atoms with Crippen LogP contribution in [0.3, 0.4) is 0 Å². The second-order valence-corrected chi connectivity index (χ2v) is 12.9. The lowest BCUT2D eigenvalue weighted by Gasteiger charge is -2.28. The first-order chi connectivity index (χ1) is 19.9. The minimum atomic E-state index is -0.116. The highest BCUT2D eigenvalue weighted by Gasteiger charge is 2.39. The predicted octanol–water partition coefficient (Wildman–Crippen LogP) is 8.43. The molecule has 1 aliphatic heterocycles. The summed E-state index contributed by atoms with van der Waals surface area (Å²) in [6.45, 7) is 11.7. The predicted molar refractivity (Wildman–Crippen MR) is 169 cm³/mol. The summed E-state index contributed by atoms with van der Waals surface area (Å²) < 4.78 is 0. The van der Waals surface area contributed by atoms with E-state index in [4.69, 9.17) is 0 Å². The first kappa shape index (κ1) is 32.3. The van der Waals surface area contributed by atoms with Crippen LogP contribution in [0.2, 0.25) is 0 Å². The summed E-state index contributed by atoms with van der Waals surface area (Å²) in [4.78, 5) is 33.6. The van der Waals surface area contributed by atoms with Gasteiger partial charge in [0.25, 0.3) is 5.91 Å². The quantitative estimate of drug-likeness (QED) is 0.145. The van der Waals surface area contributed by atoms with E-state index < -0.39 is 0 Å². The van der Waals surface area contributed by atoms with Crippen molar-refractivity contribution in [2.45, 2.75) is 86.0 Å². The van der Waals surface area contributed by atoms with Gasteiger partial charge in [0.1, 0.15) is 21.9 Å². The molecule has 2 aromatic heterocycles. The van der Waals surface area contributed by atoms with Crippen molar-refractivity contribution in [3.8, 4) is 12.1 Å². The van der Waals surface area contributed by atoms with Crippen LogP contribution in [0.25, 0.3) is 11.4 Å². The lowest BCUT2D eigenvalue weighted by molar-refractivity contribution is -0.123. The van der Waals surface area contributed by atoms with E-state index in [2.05, 4.69) is 39.8 Å². The van der Waals surface area contributed by atoms with Gasteiger partial charge in [0, 0.05) is 13.1 Å². The van der Waals surface area contributed by atoms with Crippen LogP contribution in [0.4, 0.5) is 0 Å². The summed E-state index contributed by atoms with van der Waals surface area (Å²) >= 11 is 2.70. The number of carbonyl (C=O) groups excluding carboxylic acids is 2. The van der Waals surface area contributed by atoms with Crippen molar-refractivity contribution >= 4 is 46.4 Å². The number of thiophene rings is 2. The van der Waals surface area contributed by atoms with E-state index in [1.54, 1.807) is 17.0 Å². The highest BCUT2D eigenvalue weighted by Crippen LogP contribution is 2.44. The zero-order chi connectivity index (χ0) is 29.9. The van der Waals surface area contributed by atoms with Crippen molar-refractivity contribution in [1.82, 2.24) is 9.80 Å². The average Bonchev–Trinajstić information content (AvgIpc) is 3.71. The van der Waals surface area contributed by atoms with Crippen molar-refractivity contribution in [1.29, 1.82) is 10.5 Å². The van der Waals surface area contributed by atoms with Crippen LogP contribution in [0.5, 0.6) is 0 Å². The smallest absolute Gasteiger partial charge is 0.260 e. The number of unbranched alkanes of at least 4 members (excludes halogenated alkanes) is 2. The maximum absolute atomic E-state index is 14.5. The van der Waals surface area contributed by atoms with Crippen LogP contribution in [0.15, 0.2) is 35.4 Å². The Balaban J connectivity index is 2.25. The Labute approximate surface area is 253 Å². The zero-order valence-corrected chi connectivity index (χ0v) is 26.7. The van der Waals surface area contributed by atoms with Gasteiger partial charge in [-0.3, -0.25) is 9.59 Å². The van der Waals surface area contributed by atoms with Crippen LogP contribution < -0.4 is 0 Å². The minimum Gasteiger partial charge on any atom is -0.313 e. The number of carbonyl (C=O) groups is 2. The molecule has 0 aliphatic carbocycles. The standard InChI is InChI=1S/C33H42N4O2S2/c1-6-10-12-24(8-3)20-36(22-38)32(29-17-15-27(19-35)41-29)30-23(5)31(28-16-14-26(18-34)40-28)37(33(30)39)21-25(9-4)13-11-7-2/h14-17,22,24-25H,6-13,20-21H2,1-5H3/b32-30+. The average molecular weight is 591 g/mol. The van der Waals surface area contributed by atoms with Gasteiger partial charge in [0.05, 0.1) is 26.7 Å². The first-order valence-electron chi connectivity index (χ1n) is 14.9. The fourth-order valence-electron chi connectivity index (χ4n) is 5.51. The molecule has 0 N–H and O–H groups in total. The Morgan fingerprint density at radius 2 is 1.56 bits per heavy atom. The molecule has 0 saturated heterocycles. The number of nitriles is 2. The SMILES string of the molecule is CCCCC(CC)CN1C(=O)/C(=C(\c2ccc(C#N)s2)N(C=O)CC(CC)CCCC)C(C)=C1c1ccc(C#N)s1. The van der Waals surface area contributed by atoms with E-state index in [1.807, 2.05) is 24.0 Å². The molecule has 0 fully saturated rings. The molecule has 0 aromatic carbocycles. The maximum Gasteiger partial charge on any atom is 0.260 e. The Kier molecular flexibility index (Phi) is 12.4. The molecule has 2 unspecified atom stereocenters. The van der Waals surface area contributed by atoms with E-state index in [0.717, 1.165) is 78.8 Å². The summed E-state index contributed by atoms with van der Waals surface area (Å²) in [6, 6.07) is 11.8. The second-order valence-electron chi connectivity index (χ2n) is 10.8. The summed E-state index contributed by atoms with van der Waals surface area (Å²) in [5, 5.41) is 19.1. The normalized spacial score (nSPS) is 16.0. The largest absolute Gasteiger partial charge is 0.313 e. The number of hydrogen-bond donors (Lipinski definition) is 0. The maximum atomic E-state index is 14.5. The summed E-state index contributed by atoms with van der Waals surface area (Å²) in [5.41, 5.74) is 2.73. The van der Waals surface area contributed by atoms with E-state index in [0.29, 0.717) is 45.9 Å². The lowest BCUT2D eigenvalue weighted by atomic mass is 9.97. The van der Waals surface area contributed by atoms with Crippen LogP contribution >= 0.6 is 22.7 Å². The van der Waals surface area contributed by atoms with Gasteiger partial charge in [-0.15, -0.1) is 22.7 Å². The molecule has 0 spiro atoms. The molecule has 6 nitrogen and oxygen atoms in total. The van der Waals surface area contributed by atoms with E-state index in [9.17, 15) is 20.1 Å². The number of amides is 2. The third-order valence-electron chi connectivity index (χ3n) is 7.99. The highest BCUT2D eigenvalue weighted by atomic mass is 32.1. The first-order valence-corrected chi connectivity index (χ1v) is 16.5. The van der Waals surface area contributed by atoms with E-state index >= 15 is 0 Å². The van der Waals surface area contributed by atoms with Gasteiger partial charge in [0.2, 0.25) is 6.41 Å². The molecule has 0 bridgehead atoms. The molecular formula is C33H42N4O2S2. The molecule has 2 aromatic rings. The third kappa shape index (κ3) is 7.56. The summed E-state index contributed by atoms with van der Waals surface area (Å²) in [7, 11) is 0. The van der Waals surface area contributed by atoms with Crippen molar-refractivity contribution < 1.29 is 9.59 Å². The fourth-order valence-corrected chi connectivity index (χ4v) is 7.29. The number of nitrogens with zero attached hydrogens (tertiary/aromatic N) is 4. The van der Waals surface area contributed by atoms with Gasteiger partial charge in [-0.2, -0.15) is 10.5 Å². The van der Waals surface area contributed by atoms with E-state index in [-0.39, 0.29) is 5.91 Å². The molecule has 3 rings (SSSR count). The van der Waals surface area contributed by atoms with Crippen molar-refractivity contribution in [2.24, 2.45) is 11.8 Å². The Morgan fingerprint density at radius 3 is 2.10 bits per heavy atom. The third-order valence-corrected chi connectivity index (χ3v) is 9.99. The van der Waals surface area contributed by atoms with Gasteiger partial charge in [0.15, 0.2) is 0 Å². The minimum absolute atomic E-state index is 0.116.